The van der Waals surface area contributed by atoms with Crippen molar-refractivity contribution in [3.8, 4) is 0 Å². The highest BCUT2D eigenvalue weighted by Gasteiger charge is 2.21. The van der Waals surface area contributed by atoms with Crippen molar-refractivity contribution in [2.75, 3.05) is 26.7 Å². The van der Waals surface area contributed by atoms with Crippen LogP contribution in [0.1, 0.15) is 22.7 Å². The van der Waals surface area contributed by atoms with Crippen molar-refractivity contribution in [3.63, 3.8) is 0 Å². The predicted molar refractivity (Wildman–Crippen MR) is 64.2 cm³/mol. The van der Waals surface area contributed by atoms with Gasteiger partial charge in [0.25, 0.3) is 0 Å². The number of nitrogens with zero attached hydrogens (tertiary/aromatic N) is 1. The summed E-state index contributed by atoms with van der Waals surface area (Å²) in [7, 11) is 2.21. The van der Waals surface area contributed by atoms with Crippen LogP contribution in [0.5, 0.6) is 0 Å². The molecule has 1 saturated heterocycles. The fraction of sp³-hybridized carbons (Fsp3) is 0.538. The van der Waals surface area contributed by atoms with Crippen molar-refractivity contribution in [1.29, 1.82) is 0 Å². The molecule has 2 nitrogen and oxygen atoms in total. The lowest BCUT2D eigenvalue weighted by molar-refractivity contribution is 0.201. The van der Waals surface area contributed by atoms with Gasteiger partial charge in [-0.2, -0.15) is 0 Å². The highest BCUT2D eigenvalue weighted by Crippen LogP contribution is 2.24. The average Bonchev–Trinajstić information content (AvgIpc) is 2.20. The predicted octanol–water partition coefficient (Wildman–Crippen LogP) is 1.88. The Kier molecular flexibility index (Phi) is 3.08. The Morgan fingerprint density at radius 1 is 1.33 bits per heavy atom. The van der Waals surface area contributed by atoms with E-state index in [1.807, 2.05) is 0 Å². The Hall–Kier alpha value is -0.860. The monoisotopic (exact) mass is 204 g/mol. The van der Waals surface area contributed by atoms with Crippen molar-refractivity contribution in [1.82, 2.24) is 10.2 Å². The lowest BCUT2D eigenvalue weighted by atomic mass is 9.97. The Bertz CT molecular complexity index is 346. The molecule has 2 heteroatoms. The number of piperazine rings is 1. The summed E-state index contributed by atoms with van der Waals surface area (Å²) in [6, 6.07) is 7.31. The van der Waals surface area contributed by atoms with E-state index in [1.54, 1.807) is 0 Å². The van der Waals surface area contributed by atoms with Crippen molar-refractivity contribution in [2.45, 2.75) is 19.9 Å². The molecule has 1 aliphatic heterocycles. The zero-order valence-electron chi connectivity index (χ0n) is 9.88. The number of hydrogen-bond donors (Lipinski definition) is 1. The number of nitrogens with one attached hydrogen (secondary N) is 1. The van der Waals surface area contributed by atoms with E-state index >= 15 is 0 Å². The van der Waals surface area contributed by atoms with Crippen LogP contribution in [-0.2, 0) is 0 Å². The van der Waals surface area contributed by atoms with Crippen molar-refractivity contribution >= 4 is 0 Å². The Balaban J connectivity index is 2.27. The van der Waals surface area contributed by atoms with E-state index in [2.05, 4.69) is 49.3 Å². The van der Waals surface area contributed by atoms with Crippen LogP contribution in [0.15, 0.2) is 18.2 Å². The first-order valence-electron chi connectivity index (χ1n) is 5.66. The summed E-state index contributed by atoms with van der Waals surface area (Å²) >= 11 is 0. The van der Waals surface area contributed by atoms with Gasteiger partial charge in [0, 0.05) is 25.7 Å². The van der Waals surface area contributed by atoms with E-state index in [-0.39, 0.29) is 0 Å². The van der Waals surface area contributed by atoms with Crippen molar-refractivity contribution < 1.29 is 0 Å². The summed E-state index contributed by atoms with van der Waals surface area (Å²) in [5.74, 6) is 0. The number of aryl methyl sites for hydroxylation is 2. The second kappa shape index (κ2) is 4.33. The molecule has 2 rings (SSSR count). The van der Waals surface area contributed by atoms with Crippen LogP contribution in [0, 0.1) is 13.8 Å². The second-order valence-electron chi connectivity index (χ2n) is 4.56. The molecular weight excluding hydrogens is 184 g/mol. The van der Waals surface area contributed by atoms with E-state index < -0.39 is 0 Å². The molecule has 0 amide bonds. The smallest absolute Gasteiger partial charge is 0.0472 e. The molecular formula is C13H20N2. The maximum atomic E-state index is 3.46. The molecule has 0 spiro atoms. The fourth-order valence-corrected chi connectivity index (χ4v) is 2.35. The van der Waals surface area contributed by atoms with E-state index in [9.17, 15) is 0 Å². The van der Waals surface area contributed by atoms with Crippen molar-refractivity contribution in [2.24, 2.45) is 0 Å². The molecule has 0 aliphatic carbocycles. The zero-order valence-corrected chi connectivity index (χ0v) is 9.88. The van der Waals surface area contributed by atoms with E-state index in [1.165, 1.54) is 16.7 Å². The normalized spacial score (nSPS) is 23.0. The Labute approximate surface area is 92.3 Å². The van der Waals surface area contributed by atoms with Gasteiger partial charge in [-0.3, -0.25) is 4.90 Å². The first-order valence-corrected chi connectivity index (χ1v) is 5.66. The molecule has 1 atom stereocenters. The minimum Gasteiger partial charge on any atom is -0.314 e. The quantitative estimate of drug-likeness (QED) is 0.751. The maximum absolute atomic E-state index is 3.46. The molecule has 1 aromatic rings. The maximum Gasteiger partial charge on any atom is 0.0472 e. The highest BCUT2D eigenvalue weighted by atomic mass is 15.2. The first kappa shape index (κ1) is 10.7. The van der Waals surface area contributed by atoms with Gasteiger partial charge in [-0.1, -0.05) is 23.8 Å². The molecule has 1 heterocycles. The van der Waals surface area contributed by atoms with Gasteiger partial charge < -0.3 is 5.32 Å². The van der Waals surface area contributed by atoms with E-state index in [0.29, 0.717) is 6.04 Å². The Morgan fingerprint density at radius 3 is 2.80 bits per heavy atom. The molecule has 1 aliphatic rings. The molecule has 0 radical (unpaired) electrons. The fourth-order valence-electron chi connectivity index (χ4n) is 2.35. The summed E-state index contributed by atoms with van der Waals surface area (Å²) in [6.45, 7) is 7.68. The number of benzene rings is 1. The zero-order chi connectivity index (χ0) is 10.8. The standard InChI is InChI=1S/C13H20N2/c1-10-4-5-12(11(2)8-10)13-9-14-6-7-15(13)3/h4-5,8,13-14H,6-7,9H2,1-3H3. The molecule has 1 N–H and O–H groups in total. The molecule has 1 fully saturated rings. The third kappa shape index (κ3) is 2.21. The third-order valence-electron chi connectivity index (χ3n) is 3.30. The SMILES string of the molecule is Cc1ccc(C2CNCCN2C)c(C)c1. The van der Waals surface area contributed by atoms with Crippen LogP contribution in [0.25, 0.3) is 0 Å². The lowest BCUT2D eigenvalue weighted by Gasteiger charge is -2.34. The van der Waals surface area contributed by atoms with Gasteiger partial charge >= 0.3 is 0 Å². The average molecular weight is 204 g/mol. The van der Waals surface area contributed by atoms with Gasteiger partial charge in [-0.05, 0) is 32.0 Å². The van der Waals surface area contributed by atoms with Crippen LogP contribution in [0.4, 0.5) is 0 Å². The topological polar surface area (TPSA) is 15.3 Å². The van der Waals surface area contributed by atoms with Gasteiger partial charge in [-0.25, -0.2) is 0 Å². The van der Waals surface area contributed by atoms with E-state index in [0.717, 1.165) is 19.6 Å². The van der Waals surface area contributed by atoms with Crippen LogP contribution in [0.2, 0.25) is 0 Å². The number of likely N-dealkylation sites (N-methyl/N-ethyl adjacent to an activating group) is 1. The van der Waals surface area contributed by atoms with Gasteiger partial charge in [0.2, 0.25) is 0 Å². The molecule has 0 aromatic heterocycles. The molecule has 15 heavy (non-hydrogen) atoms. The van der Waals surface area contributed by atoms with Gasteiger partial charge in [0.1, 0.15) is 0 Å². The molecule has 1 aromatic carbocycles. The largest absolute Gasteiger partial charge is 0.314 e. The van der Waals surface area contributed by atoms with Gasteiger partial charge in [0.15, 0.2) is 0 Å². The van der Waals surface area contributed by atoms with Crippen LogP contribution >= 0.6 is 0 Å². The van der Waals surface area contributed by atoms with Gasteiger partial charge in [-0.15, -0.1) is 0 Å². The Morgan fingerprint density at radius 2 is 2.13 bits per heavy atom. The molecule has 0 saturated carbocycles. The third-order valence-corrected chi connectivity index (χ3v) is 3.30. The summed E-state index contributed by atoms with van der Waals surface area (Å²) in [6.07, 6.45) is 0. The van der Waals surface area contributed by atoms with Gasteiger partial charge in [0.05, 0.1) is 0 Å². The second-order valence-corrected chi connectivity index (χ2v) is 4.56. The number of hydrogen-bond acceptors (Lipinski definition) is 2. The molecule has 82 valence electrons. The van der Waals surface area contributed by atoms with Crippen LogP contribution in [0.3, 0.4) is 0 Å². The lowest BCUT2D eigenvalue weighted by Crippen LogP contribution is -2.44. The first-order chi connectivity index (χ1) is 7.18. The highest BCUT2D eigenvalue weighted by molar-refractivity contribution is 5.33. The van der Waals surface area contributed by atoms with Crippen LogP contribution < -0.4 is 5.32 Å². The minimum absolute atomic E-state index is 0.541. The minimum atomic E-state index is 0.541. The molecule has 0 bridgehead atoms. The van der Waals surface area contributed by atoms with Crippen LogP contribution in [-0.4, -0.2) is 31.6 Å². The number of rotatable bonds is 1. The summed E-state index contributed by atoms with van der Waals surface area (Å²) in [5, 5.41) is 3.46. The summed E-state index contributed by atoms with van der Waals surface area (Å²) in [4.78, 5) is 2.44. The van der Waals surface area contributed by atoms with E-state index in [4.69, 9.17) is 0 Å². The van der Waals surface area contributed by atoms with Crippen molar-refractivity contribution in [3.05, 3.63) is 34.9 Å². The summed E-state index contributed by atoms with van der Waals surface area (Å²) < 4.78 is 0. The summed E-state index contributed by atoms with van der Waals surface area (Å²) in [5.41, 5.74) is 4.23. The molecule has 1 unspecified atom stereocenters.